The number of alkyl halides is 3. The third-order valence-corrected chi connectivity index (χ3v) is 7.64. The van der Waals surface area contributed by atoms with Crippen molar-refractivity contribution >= 4 is 33.3 Å². The Kier molecular flexibility index (Phi) is 5.47. The number of anilines is 1. The third kappa shape index (κ3) is 3.77. The van der Waals surface area contributed by atoms with Gasteiger partial charge in [-0.25, -0.2) is 4.98 Å². The van der Waals surface area contributed by atoms with E-state index in [1.807, 2.05) is 4.90 Å². The average molecular weight is 441 g/mol. The second-order valence-electron chi connectivity index (χ2n) is 8.73. The number of rotatable bonds is 3. The summed E-state index contributed by atoms with van der Waals surface area (Å²) in [6.07, 6.45) is -1.46. The summed E-state index contributed by atoms with van der Waals surface area (Å²) in [5, 5.41) is 3.95. The van der Waals surface area contributed by atoms with Crippen LogP contribution in [0.4, 0.5) is 19.0 Å². The molecule has 164 valence electrons. The fourth-order valence-corrected chi connectivity index (χ4v) is 5.72. The predicted molar refractivity (Wildman–Crippen MR) is 113 cm³/mol. The maximum Gasteiger partial charge on any atom is 0.417 e. The van der Waals surface area contributed by atoms with E-state index in [-0.39, 0.29) is 21.2 Å². The molecule has 0 unspecified atom stereocenters. The van der Waals surface area contributed by atoms with E-state index in [1.165, 1.54) is 12.4 Å². The molecule has 0 bridgehead atoms. The molecule has 0 radical (unpaired) electrons. The number of carbonyl (C=O) groups is 1. The van der Waals surface area contributed by atoms with E-state index in [4.69, 9.17) is 0 Å². The molecule has 2 aromatic rings. The summed E-state index contributed by atoms with van der Waals surface area (Å²) >= 11 is 0.917. The Morgan fingerprint density at radius 3 is 2.47 bits per heavy atom. The Morgan fingerprint density at radius 2 is 1.90 bits per heavy atom. The Labute approximate surface area is 178 Å². The van der Waals surface area contributed by atoms with Crippen LogP contribution in [0.25, 0.3) is 10.2 Å². The van der Waals surface area contributed by atoms with Gasteiger partial charge < -0.3 is 15.1 Å². The first-order chi connectivity index (χ1) is 14.1. The van der Waals surface area contributed by atoms with E-state index in [2.05, 4.69) is 29.0 Å². The zero-order chi connectivity index (χ0) is 21.7. The lowest BCUT2D eigenvalue weighted by atomic mass is 9.77. The molecule has 5 nitrogen and oxygen atoms in total. The lowest BCUT2D eigenvalue weighted by Crippen LogP contribution is -2.42. The lowest BCUT2D eigenvalue weighted by Gasteiger charge is -2.40. The van der Waals surface area contributed by atoms with E-state index in [9.17, 15) is 18.0 Å². The van der Waals surface area contributed by atoms with E-state index in [1.54, 1.807) is 0 Å². The van der Waals surface area contributed by atoms with Gasteiger partial charge in [-0.15, -0.1) is 11.3 Å². The summed E-state index contributed by atoms with van der Waals surface area (Å²) in [5.41, 5.74) is -0.124. The van der Waals surface area contributed by atoms with Crippen LogP contribution in [0.15, 0.2) is 11.4 Å². The van der Waals surface area contributed by atoms with Gasteiger partial charge >= 0.3 is 6.18 Å². The van der Waals surface area contributed by atoms with Crippen molar-refractivity contribution in [1.29, 1.82) is 0 Å². The van der Waals surface area contributed by atoms with Crippen LogP contribution >= 0.6 is 11.3 Å². The van der Waals surface area contributed by atoms with Gasteiger partial charge in [0.05, 0.1) is 21.3 Å². The zero-order valence-electron chi connectivity index (χ0n) is 17.5. The number of piperidine rings is 1. The molecule has 4 rings (SSSR count). The fourth-order valence-electron chi connectivity index (χ4n) is 4.69. The largest absolute Gasteiger partial charge is 0.417 e. The number of hydrogen-bond acceptors (Lipinski definition) is 5. The van der Waals surface area contributed by atoms with E-state index >= 15 is 0 Å². The second kappa shape index (κ2) is 7.67. The smallest absolute Gasteiger partial charge is 0.357 e. The molecule has 9 heteroatoms. The Hall–Kier alpha value is -1.87. The Morgan fingerprint density at radius 1 is 1.23 bits per heavy atom. The maximum absolute atomic E-state index is 13.8. The van der Waals surface area contributed by atoms with Gasteiger partial charge in [0.1, 0.15) is 5.82 Å². The van der Waals surface area contributed by atoms with Crippen molar-refractivity contribution in [3.05, 3.63) is 22.6 Å². The Bertz CT molecular complexity index is 948. The van der Waals surface area contributed by atoms with Crippen molar-refractivity contribution in [2.24, 2.45) is 5.41 Å². The standard InChI is InChI=1S/C21H27F3N4OS/c1-13(2)28-9-6-20(12-28)4-7-27(8-5-20)16-10-15(21(22,23)24)18-17(26-16)14(11-30-18)19(29)25-3/h10-11,13H,4-9,12H2,1-3H3,(H,25,29). The van der Waals surface area contributed by atoms with Gasteiger partial charge in [-0.2, -0.15) is 13.2 Å². The molecule has 1 N–H and O–H groups in total. The van der Waals surface area contributed by atoms with Crippen LogP contribution in [0.5, 0.6) is 0 Å². The molecule has 2 aliphatic heterocycles. The number of fused-ring (bicyclic) bond motifs is 1. The quantitative estimate of drug-likeness (QED) is 0.770. The molecule has 0 aromatic carbocycles. The van der Waals surface area contributed by atoms with Gasteiger partial charge in [0, 0.05) is 38.1 Å². The van der Waals surface area contributed by atoms with Crippen LogP contribution in [0.1, 0.15) is 49.0 Å². The molecule has 2 saturated heterocycles. The number of likely N-dealkylation sites (tertiary alicyclic amines) is 1. The molecular formula is C21H27F3N4OS. The summed E-state index contributed by atoms with van der Waals surface area (Å²) in [4.78, 5) is 21.1. The molecule has 2 aliphatic rings. The van der Waals surface area contributed by atoms with Crippen LogP contribution in [-0.4, -0.2) is 55.1 Å². The van der Waals surface area contributed by atoms with Crippen molar-refractivity contribution in [2.75, 3.05) is 38.1 Å². The van der Waals surface area contributed by atoms with Crippen LogP contribution in [0.3, 0.4) is 0 Å². The molecular weight excluding hydrogens is 413 g/mol. The van der Waals surface area contributed by atoms with Crippen molar-refractivity contribution in [3.8, 4) is 0 Å². The SMILES string of the molecule is CNC(=O)c1csc2c(C(F)(F)F)cc(N3CCC4(CC3)CCN(C(C)C)C4)nc12. The van der Waals surface area contributed by atoms with E-state index in [0.717, 1.165) is 49.8 Å². The molecule has 0 atom stereocenters. The Balaban J connectivity index is 1.64. The van der Waals surface area contributed by atoms with Gasteiger partial charge in [0.15, 0.2) is 0 Å². The van der Waals surface area contributed by atoms with Crippen LogP contribution < -0.4 is 10.2 Å². The fraction of sp³-hybridized carbons (Fsp3) is 0.619. The number of amides is 1. The first-order valence-electron chi connectivity index (χ1n) is 10.3. The third-order valence-electron chi connectivity index (χ3n) is 6.63. The van der Waals surface area contributed by atoms with Gasteiger partial charge in [0.2, 0.25) is 0 Å². The zero-order valence-corrected chi connectivity index (χ0v) is 18.3. The van der Waals surface area contributed by atoms with Crippen molar-refractivity contribution in [2.45, 2.75) is 45.3 Å². The number of nitrogens with zero attached hydrogens (tertiary/aromatic N) is 3. The topological polar surface area (TPSA) is 48.5 Å². The van der Waals surface area contributed by atoms with Crippen molar-refractivity contribution in [3.63, 3.8) is 0 Å². The second-order valence-corrected chi connectivity index (χ2v) is 9.61. The monoisotopic (exact) mass is 440 g/mol. The minimum atomic E-state index is -4.50. The average Bonchev–Trinajstić information content (AvgIpc) is 3.31. The number of nitrogens with one attached hydrogen (secondary N) is 1. The number of thiophene rings is 1. The minimum Gasteiger partial charge on any atom is -0.357 e. The molecule has 0 aliphatic carbocycles. The van der Waals surface area contributed by atoms with E-state index < -0.39 is 17.6 Å². The van der Waals surface area contributed by atoms with Gasteiger partial charge in [-0.1, -0.05) is 0 Å². The first kappa shape index (κ1) is 21.4. The summed E-state index contributed by atoms with van der Waals surface area (Å²) in [7, 11) is 1.46. The van der Waals surface area contributed by atoms with E-state index in [0.29, 0.717) is 24.9 Å². The van der Waals surface area contributed by atoms with Crippen molar-refractivity contribution in [1.82, 2.24) is 15.2 Å². The predicted octanol–water partition coefficient (Wildman–Crippen LogP) is 4.38. The molecule has 2 fully saturated rings. The molecule has 4 heterocycles. The number of aromatic nitrogens is 1. The highest BCUT2D eigenvalue weighted by molar-refractivity contribution is 7.17. The maximum atomic E-state index is 13.8. The number of carbonyl (C=O) groups excluding carboxylic acids is 1. The highest BCUT2D eigenvalue weighted by Crippen LogP contribution is 2.44. The first-order valence-corrected chi connectivity index (χ1v) is 11.2. The minimum absolute atomic E-state index is 0.0155. The number of pyridine rings is 1. The summed E-state index contributed by atoms with van der Waals surface area (Å²) < 4.78 is 41.3. The molecule has 1 spiro atoms. The lowest BCUT2D eigenvalue weighted by molar-refractivity contribution is -0.136. The van der Waals surface area contributed by atoms with Crippen LogP contribution in [0, 0.1) is 5.41 Å². The molecule has 0 saturated carbocycles. The summed E-state index contributed by atoms with van der Waals surface area (Å²) in [5.74, 6) is -0.108. The normalized spacial score (nSPS) is 19.9. The summed E-state index contributed by atoms with van der Waals surface area (Å²) in [6, 6.07) is 1.67. The van der Waals surface area contributed by atoms with Gasteiger partial charge in [-0.3, -0.25) is 4.79 Å². The van der Waals surface area contributed by atoms with Crippen LogP contribution in [-0.2, 0) is 6.18 Å². The molecule has 2 aromatic heterocycles. The highest BCUT2D eigenvalue weighted by atomic mass is 32.1. The summed E-state index contributed by atoms with van der Waals surface area (Å²) in [6.45, 7) is 7.92. The van der Waals surface area contributed by atoms with Gasteiger partial charge in [0.25, 0.3) is 5.91 Å². The van der Waals surface area contributed by atoms with Crippen molar-refractivity contribution < 1.29 is 18.0 Å². The number of halogens is 3. The molecule has 1 amide bonds. The number of hydrogen-bond donors (Lipinski definition) is 1. The highest BCUT2D eigenvalue weighted by Gasteiger charge is 2.42. The van der Waals surface area contributed by atoms with Crippen LogP contribution in [0.2, 0.25) is 0 Å². The molecule has 30 heavy (non-hydrogen) atoms. The van der Waals surface area contributed by atoms with Gasteiger partial charge in [-0.05, 0) is 51.1 Å².